The van der Waals surface area contributed by atoms with Crippen LogP contribution in [0.5, 0.6) is 0 Å². The molecular formula is C20H20FN3O2S. The fraction of sp³-hybridized carbons (Fsp3) is 0.300. The molecule has 1 fully saturated rings. The molecule has 4 rings (SSSR count). The average Bonchev–Trinajstić information content (AvgIpc) is 3.29. The Bertz CT molecular complexity index is 927. The van der Waals surface area contributed by atoms with Gasteiger partial charge in [0.1, 0.15) is 16.3 Å². The summed E-state index contributed by atoms with van der Waals surface area (Å²) >= 11 is 1.58. The van der Waals surface area contributed by atoms with Crippen molar-refractivity contribution in [2.24, 2.45) is 5.92 Å². The van der Waals surface area contributed by atoms with E-state index in [9.17, 15) is 14.0 Å². The summed E-state index contributed by atoms with van der Waals surface area (Å²) in [5.41, 5.74) is 1.47. The number of hydrogen-bond acceptors (Lipinski definition) is 3. The molecule has 0 aliphatic carbocycles. The molecule has 0 radical (unpaired) electrons. The van der Waals surface area contributed by atoms with Crippen molar-refractivity contribution >= 4 is 33.4 Å². The minimum atomic E-state index is -0.288. The molecule has 7 heteroatoms. The number of benzene rings is 1. The summed E-state index contributed by atoms with van der Waals surface area (Å²) in [5.74, 6) is -0.402. The minimum absolute atomic E-state index is 0.00758. The van der Waals surface area contributed by atoms with Gasteiger partial charge in [0.15, 0.2) is 0 Å². The van der Waals surface area contributed by atoms with Crippen LogP contribution < -0.4 is 5.32 Å². The monoisotopic (exact) mass is 385 g/mol. The van der Waals surface area contributed by atoms with Crippen LogP contribution in [0.15, 0.2) is 41.8 Å². The van der Waals surface area contributed by atoms with E-state index < -0.39 is 0 Å². The maximum absolute atomic E-state index is 12.9. The third-order valence-corrected chi connectivity index (χ3v) is 5.85. The van der Waals surface area contributed by atoms with Crippen LogP contribution in [0.25, 0.3) is 10.2 Å². The lowest BCUT2D eigenvalue weighted by Crippen LogP contribution is -2.43. The largest absolute Gasteiger partial charge is 0.352 e. The molecule has 1 aliphatic rings. The highest BCUT2D eigenvalue weighted by atomic mass is 32.1. The number of nitrogens with zero attached hydrogens (tertiary/aromatic N) is 1. The number of likely N-dealkylation sites (tertiary alicyclic amines) is 1. The summed E-state index contributed by atoms with van der Waals surface area (Å²) in [6.45, 7) is 1.53. The minimum Gasteiger partial charge on any atom is -0.352 e. The zero-order valence-corrected chi connectivity index (χ0v) is 15.5. The lowest BCUT2D eigenvalue weighted by Gasteiger charge is -2.31. The normalized spacial score (nSPS) is 15.2. The van der Waals surface area contributed by atoms with E-state index in [1.54, 1.807) is 28.4 Å². The van der Waals surface area contributed by atoms with Crippen LogP contribution in [0.1, 0.15) is 28.9 Å². The summed E-state index contributed by atoms with van der Waals surface area (Å²) < 4.78 is 12.9. The molecule has 140 valence electrons. The molecule has 0 saturated carbocycles. The number of rotatable bonds is 4. The lowest BCUT2D eigenvalue weighted by molar-refractivity contribution is -0.126. The smallest absolute Gasteiger partial charge is 0.270 e. The van der Waals surface area contributed by atoms with Gasteiger partial charge in [-0.1, -0.05) is 12.1 Å². The maximum atomic E-state index is 12.9. The van der Waals surface area contributed by atoms with Crippen LogP contribution in [0.2, 0.25) is 0 Å². The van der Waals surface area contributed by atoms with E-state index in [-0.39, 0.29) is 23.5 Å². The molecular weight excluding hydrogens is 365 g/mol. The Labute approximate surface area is 160 Å². The number of amides is 2. The zero-order valence-electron chi connectivity index (χ0n) is 14.7. The fourth-order valence-electron chi connectivity index (χ4n) is 3.41. The van der Waals surface area contributed by atoms with Gasteiger partial charge in [0.25, 0.3) is 5.91 Å². The Morgan fingerprint density at radius 3 is 2.63 bits per heavy atom. The SMILES string of the molecule is O=C(NCc1ccc(F)cc1)C1CCN(C(=O)c2cc3ccsc3[nH]2)CC1. The van der Waals surface area contributed by atoms with Crippen molar-refractivity contribution in [1.82, 2.24) is 15.2 Å². The van der Waals surface area contributed by atoms with Crippen LogP contribution in [-0.2, 0) is 11.3 Å². The highest BCUT2D eigenvalue weighted by Crippen LogP contribution is 2.24. The van der Waals surface area contributed by atoms with Crippen molar-refractivity contribution in [2.75, 3.05) is 13.1 Å². The molecule has 2 aromatic heterocycles. The second-order valence-electron chi connectivity index (χ2n) is 6.80. The molecule has 1 aliphatic heterocycles. The third-order valence-electron chi connectivity index (χ3n) is 5.01. The Morgan fingerprint density at radius 2 is 1.93 bits per heavy atom. The maximum Gasteiger partial charge on any atom is 0.270 e. The van der Waals surface area contributed by atoms with Crippen molar-refractivity contribution in [3.63, 3.8) is 0 Å². The summed E-state index contributed by atoms with van der Waals surface area (Å²) in [6, 6.07) is 9.98. The number of carbonyl (C=O) groups excluding carboxylic acids is 2. The molecule has 27 heavy (non-hydrogen) atoms. The second-order valence-corrected chi connectivity index (χ2v) is 7.71. The zero-order chi connectivity index (χ0) is 18.8. The van der Waals surface area contributed by atoms with Crippen LogP contribution in [0, 0.1) is 11.7 Å². The molecule has 0 unspecified atom stereocenters. The molecule has 0 bridgehead atoms. The number of thiophene rings is 1. The third kappa shape index (κ3) is 3.88. The lowest BCUT2D eigenvalue weighted by atomic mass is 9.95. The van der Waals surface area contributed by atoms with Crippen molar-refractivity contribution < 1.29 is 14.0 Å². The summed E-state index contributed by atoms with van der Waals surface area (Å²) in [6.07, 6.45) is 1.30. The highest BCUT2D eigenvalue weighted by Gasteiger charge is 2.28. The number of hydrogen-bond donors (Lipinski definition) is 2. The van der Waals surface area contributed by atoms with Gasteiger partial charge in [0, 0.05) is 30.9 Å². The van der Waals surface area contributed by atoms with Crippen molar-refractivity contribution in [3.8, 4) is 0 Å². The van der Waals surface area contributed by atoms with Gasteiger partial charge in [0.2, 0.25) is 5.91 Å². The van der Waals surface area contributed by atoms with Crippen molar-refractivity contribution in [3.05, 3.63) is 58.9 Å². The van der Waals surface area contributed by atoms with E-state index >= 15 is 0 Å². The molecule has 5 nitrogen and oxygen atoms in total. The van der Waals surface area contributed by atoms with E-state index in [0.717, 1.165) is 15.8 Å². The summed E-state index contributed by atoms with van der Waals surface area (Å²) in [4.78, 5) is 31.0. The topological polar surface area (TPSA) is 65.2 Å². The average molecular weight is 385 g/mol. The standard InChI is InChI=1S/C20H20FN3O2S/c21-16-3-1-13(2-4-16)12-22-18(25)14-5-8-24(9-6-14)20(26)17-11-15-7-10-27-19(15)23-17/h1-4,7,10-11,14,23H,5-6,8-9,12H2,(H,22,25). The highest BCUT2D eigenvalue weighted by molar-refractivity contribution is 7.16. The predicted octanol–water partition coefficient (Wildman–Crippen LogP) is 3.54. The van der Waals surface area contributed by atoms with Crippen molar-refractivity contribution in [2.45, 2.75) is 19.4 Å². The van der Waals surface area contributed by atoms with Crippen LogP contribution in [-0.4, -0.2) is 34.8 Å². The Balaban J connectivity index is 1.29. The first-order chi connectivity index (χ1) is 13.1. The number of halogens is 1. The Morgan fingerprint density at radius 1 is 1.19 bits per heavy atom. The number of piperidine rings is 1. The summed E-state index contributed by atoms with van der Waals surface area (Å²) in [5, 5.41) is 5.95. The van der Waals surface area contributed by atoms with Gasteiger partial charge in [-0.3, -0.25) is 9.59 Å². The molecule has 2 amide bonds. The van der Waals surface area contributed by atoms with E-state index in [4.69, 9.17) is 0 Å². The first kappa shape index (κ1) is 17.7. The fourth-order valence-corrected chi connectivity index (χ4v) is 4.20. The van der Waals surface area contributed by atoms with Gasteiger partial charge < -0.3 is 15.2 Å². The molecule has 2 N–H and O–H groups in total. The molecule has 3 aromatic rings. The Kier molecular flexibility index (Phi) is 4.94. The van der Waals surface area contributed by atoms with Crippen molar-refractivity contribution in [1.29, 1.82) is 0 Å². The first-order valence-corrected chi connectivity index (χ1v) is 9.86. The summed E-state index contributed by atoms with van der Waals surface area (Å²) in [7, 11) is 0. The van der Waals surface area contributed by atoms with Crippen LogP contribution in [0.3, 0.4) is 0 Å². The number of carbonyl (C=O) groups is 2. The quantitative estimate of drug-likeness (QED) is 0.722. The number of fused-ring (bicyclic) bond motifs is 1. The van der Waals surface area contributed by atoms with E-state index in [1.807, 2.05) is 17.5 Å². The number of H-pyrrole nitrogens is 1. The molecule has 1 saturated heterocycles. The van der Waals surface area contributed by atoms with E-state index in [1.165, 1.54) is 12.1 Å². The number of aromatic amines is 1. The Hall–Kier alpha value is -2.67. The van der Waals surface area contributed by atoms with Crippen LogP contribution in [0.4, 0.5) is 4.39 Å². The molecule has 3 heterocycles. The van der Waals surface area contributed by atoms with E-state index in [0.29, 0.717) is 38.2 Å². The predicted molar refractivity (Wildman–Crippen MR) is 103 cm³/mol. The van der Waals surface area contributed by atoms with Gasteiger partial charge in [-0.15, -0.1) is 11.3 Å². The first-order valence-electron chi connectivity index (χ1n) is 8.98. The second kappa shape index (κ2) is 7.52. The molecule has 1 aromatic carbocycles. The van der Waals surface area contributed by atoms with Gasteiger partial charge in [-0.05, 0) is 48.1 Å². The van der Waals surface area contributed by atoms with Gasteiger partial charge in [-0.2, -0.15) is 0 Å². The molecule has 0 atom stereocenters. The van der Waals surface area contributed by atoms with Crippen LogP contribution >= 0.6 is 11.3 Å². The van der Waals surface area contributed by atoms with Gasteiger partial charge in [0.05, 0.1) is 0 Å². The number of nitrogens with one attached hydrogen (secondary N) is 2. The van der Waals surface area contributed by atoms with Gasteiger partial charge >= 0.3 is 0 Å². The van der Waals surface area contributed by atoms with Gasteiger partial charge in [-0.25, -0.2) is 4.39 Å². The van der Waals surface area contributed by atoms with E-state index in [2.05, 4.69) is 10.3 Å². The number of aromatic nitrogens is 1. The molecule has 0 spiro atoms.